The van der Waals surface area contributed by atoms with E-state index >= 15 is 0 Å². The Hall–Kier alpha value is -7.22. The zero-order chi connectivity index (χ0) is 39.6. The summed E-state index contributed by atoms with van der Waals surface area (Å²) in [5.41, 5.74) is 20.4. The Balaban J connectivity index is 0.00000238. The minimum absolute atomic E-state index is 0. The summed E-state index contributed by atoms with van der Waals surface area (Å²) in [6, 6.07) is 83.3. The van der Waals surface area contributed by atoms with Crippen molar-refractivity contribution in [1.82, 2.24) is 0 Å². The third-order valence-corrected chi connectivity index (χ3v) is 13.0. The fourth-order valence-electron chi connectivity index (χ4n) is 10.3. The van der Waals surface area contributed by atoms with Crippen molar-refractivity contribution in [3.05, 3.63) is 258 Å². The lowest BCUT2D eigenvalue weighted by Gasteiger charge is -2.39. The molecule has 1 heteroatoms. The number of fused-ring (bicyclic) bond motifs is 8. The molecule has 0 fully saturated rings. The molecule has 0 heterocycles. The van der Waals surface area contributed by atoms with E-state index in [-0.39, 0.29) is 14.3 Å². The van der Waals surface area contributed by atoms with Crippen molar-refractivity contribution in [3.8, 4) is 44.5 Å². The fourth-order valence-corrected chi connectivity index (χ4v) is 10.3. The number of anilines is 3. The highest BCUT2D eigenvalue weighted by molar-refractivity contribution is 5.93. The molecule has 1 nitrogen and oxygen atoms in total. The van der Waals surface area contributed by atoms with Crippen LogP contribution in [0.25, 0.3) is 44.5 Å². The Bertz CT molecular complexity index is 2950. The van der Waals surface area contributed by atoms with Crippen LogP contribution in [0.2, 0.25) is 0 Å². The largest absolute Gasteiger partial charge is 0.310 e. The van der Waals surface area contributed by atoms with Crippen LogP contribution in [0.1, 0.15) is 56.1 Å². The Morgan fingerprint density at radius 3 is 1.37 bits per heavy atom. The zero-order valence-corrected chi connectivity index (χ0v) is 33.3. The second kappa shape index (κ2) is 14.6. The van der Waals surface area contributed by atoms with E-state index < -0.39 is 5.41 Å². The highest BCUT2D eigenvalue weighted by atomic mass is 15.1. The average Bonchev–Trinajstić information content (AvgIpc) is 3.46. The number of hydrogen-bond acceptors (Lipinski definition) is 1. The summed E-state index contributed by atoms with van der Waals surface area (Å²) in [7, 11) is 0. The number of benzene rings is 9. The topological polar surface area (TPSA) is 3.24 Å². The van der Waals surface area contributed by atoms with Crippen molar-refractivity contribution in [2.45, 2.75) is 32.1 Å². The molecule has 0 amide bonds. The summed E-state index contributed by atoms with van der Waals surface area (Å²) >= 11 is 0. The van der Waals surface area contributed by atoms with Gasteiger partial charge in [0.05, 0.1) is 5.41 Å². The van der Waals surface area contributed by atoms with Gasteiger partial charge in [-0.05, 0) is 114 Å². The minimum Gasteiger partial charge on any atom is -0.310 e. The molecular formula is C59H49N. The van der Waals surface area contributed by atoms with Crippen molar-refractivity contribution >= 4 is 17.1 Å². The molecule has 0 atom stereocenters. The molecule has 0 aliphatic heterocycles. The maximum atomic E-state index is 2.46. The van der Waals surface area contributed by atoms with Crippen molar-refractivity contribution < 1.29 is 1.43 Å². The molecule has 0 saturated heterocycles. The average molecular weight is 772 g/mol. The second-order valence-electron chi connectivity index (χ2n) is 16.5. The number of rotatable bonds is 6. The summed E-state index contributed by atoms with van der Waals surface area (Å²) in [4.78, 5) is 2.46. The van der Waals surface area contributed by atoms with Crippen LogP contribution in [0.5, 0.6) is 0 Å². The molecule has 9 aromatic carbocycles. The van der Waals surface area contributed by atoms with Gasteiger partial charge in [0, 0.05) is 23.9 Å². The van der Waals surface area contributed by atoms with Gasteiger partial charge in [-0.3, -0.25) is 0 Å². The van der Waals surface area contributed by atoms with Gasteiger partial charge in [-0.15, -0.1) is 0 Å². The molecule has 2 aliphatic rings. The van der Waals surface area contributed by atoms with Gasteiger partial charge < -0.3 is 4.90 Å². The summed E-state index contributed by atoms with van der Waals surface area (Å²) in [5, 5.41) is 0. The molecule has 60 heavy (non-hydrogen) atoms. The molecule has 0 aromatic heterocycles. The summed E-state index contributed by atoms with van der Waals surface area (Å²) < 4.78 is 0. The van der Waals surface area contributed by atoms with E-state index in [2.05, 4.69) is 243 Å². The van der Waals surface area contributed by atoms with Crippen LogP contribution in [-0.2, 0) is 10.8 Å². The summed E-state index contributed by atoms with van der Waals surface area (Å²) in [5.74, 6) is 0. The number of hydrogen-bond donors (Lipinski definition) is 0. The van der Waals surface area contributed by atoms with Gasteiger partial charge in [0.2, 0.25) is 0 Å². The monoisotopic (exact) mass is 771 g/mol. The van der Waals surface area contributed by atoms with Crippen LogP contribution in [0.3, 0.4) is 0 Å². The van der Waals surface area contributed by atoms with E-state index in [4.69, 9.17) is 0 Å². The molecule has 9 aromatic rings. The van der Waals surface area contributed by atoms with Crippen LogP contribution >= 0.6 is 0 Å². The van der Waals surface area contributed by atoms with Crippen molar-refractivity contribution in [3.63, 3.8) is 0 Å². The predicted molar refractivity (Wildman–Crippen MR) is 256 cm³/mol. The Morgan fingerprint density at radius 2 is 0.750 bits per heavy atom. The van der Waals surface area contributed by atoms with E-state index in [1.54, 1.807) is 0 Å². The number of nitrogens with zero attached hydrogens (tertiary/aromatic N) is 1. The van der Waals surface area contributed by atoms with Crippen LogP contribution in [0, 0.1) is 0 Å². The van der Waals surface area contributed by atoms with Gasteiger partial charge in [0.15, 0.2) is 0 Å². The van der Waals surface area contributed by atoms with Gasteiger partial charge in [-0.25, -0.2) is 0 Å². The quantitative estimate of drug-likeness (QED) is 0.163. The van der Waals surface area contributed by atoms with Gasteiger partial charge in [0.25, 0.3) is 0 Å². The molecule has 0 spiro atoms. The van der Waals surface area contributed by atoms with Crippen molar-refractivity contribution in [2.75, 3.05) is 4.90 Å². The molecule has 2 aliphatic carbocycles. The lowest BCUT2D eigenvalue weighted by molar-refractivity contribution is 0.660. The molecule has 11 rings (SSSR count). The predicted octanol–water partition coefficient (Wildman–Crippen LogP) is 16.0. The third-order valence-electron chi connectivity index (χ3n) is 13.0. The van der Waals surface area contributed by atoms with Crippen molar-refractivity contribution in [1.29, 1.82) is 0 Å². The van der Waals surface area contributed by atoms with E-state index in [0.717, 1.165) is 17.1 Å². The summed E-state index contributed by atoms with van der Waals surface area (Å²) in [6.45, 7) is 4.73. The highest BCUT2D eigenvalue weighted by Gasteiger charge is 2.44. The van der Waals surface area contributed by atoms with Crippen LogP contribution in [-0.4, -0.2) is 0 Å². The first-order chi connectivity index (χ1) is 29.0. The molecule has 0 radical (unpaired) electrons. The maximum absolute atomic E-state index is 2.46. The van der Waals surface area contributed by atoms with Crippen LogP contribution in [0.15, 0.2) is 224 Å². The zero-order valence-electron chi connectivity index (χ0n) is 33.3. The molecular weight excluding hydrogens is 723 g/mol. The molecule has 0 N–H and O–H groups in total. The Labute approximate surface area is 356 Å². The summed E-state index contributed by atoms with van der Waals surface area (Å²) in [6.07, 6.45) is 0. The first-order valence-electron chi connectivity index (χ1n) is 20.7. The standard InChI is InChI=1S/C58H43N.CH4.H2/c1-57(2)53-29-14-11-28-51(53)52-37-36-46(39-56(52)57)59(44-34-32-41(33-35-44)40-18-5-3-6-19-40)45-23-17-22-43(38-45)58(42-20-7-4-8-21-42)54-30-15-12-26-49(54)47-24-9-10-25-48(47)50-27-13-16-31-55(50)58;;/h3-39H,1-2H3;1H4;1H. The molecule has 0 saturated carbocycles. The van der Waals surface area contributed by atoms with E-state index in [1.807, 2.05) is 0 Å². The van der Waals surface area contributed by atoms with Gasteiger partial charge in [-0.2, -0.15) is 0 Å². The van der Waals surface area contributed by atoms with Gasteiger partial charge in [0.1, 0.15) is 0 Å². The Kier molecular flexibility index (Phi) is 8.99. The highest BCUT2D eigenvalue weighted by Crippen LogP contribution is 2.56. The normalized spacial score (nSPS) is 13.6. The molecule has 0 unspecified atom stereocenters. The second-order valence-corrected chi connectivity index (χ2v) is 16.5. The van der Waals surface area contributed by atoms with E-state index in [0.29, 0.717) is 0 Å². The Morgan fingerprint density at radius 1 is 0.317 bits per heavy atom. The van der Waals surface area contributed by atoms with E-state index in [1.165, 1.54) is 77.9 Å². The smallest absolute Gasteiger partial charge is 0.0714 e. The lowest BCUT2D eigenvalue weighted by atomic mass is 9.63. The van der Waals surface area contributed by atoms with Gasteiger partial charge in [-0.1, -0.05) is 209 Å². The first-order valence-corrected chi connectivity index (χ1v) is 20.7. The van der Waals surface area contributed by atoms with E-state index in [9.17, 15) is 0 Å². The molecule has 0 bridgehead atoms. The van der Waals surface area contributed by atoms with Crippen LogP contribution in [0.4, 0.5) is 17.1 Å². The maximum Gasteiger partial charge on any atom is 0.0714 e. The first kappa shape index (κ1) is 37.1. The minimum atomic E-state index is -0.631. The van der Waals surface area contributed by atoms with Crippen molar-refractivity contribution in [2.24, 2.45) is 0 Å². The fraction of sp³-hybridized carbons (Fsp3) is 0.0847. The molecule has 290 valence electrons. The van der Waals surface area contributed by atoms with Crippen LogP contribution < -0.4 is 4.90 Å². The third kappa shape index (κ3) is 5.61. The SMILES string of the molecule is C.CC1(C)c2ccccc2-c2ccc(N(c3ccc(-c4ccccc4)cc3)c3cccc(C4(c5ccccc5)c5ccccc5-c5ccccc5-c5ccccc54)c3)cc21.[HH]. The lowest BCUT2D eigenvalue weighted by Crippen LogP contribution is -2.32. The van der Waals surface area contributed by atoms with Gasteiger partial charge >= 0.3 is 0 Å².